The third kappa shape index (κ3) is 3.93. The van der Waals surface area contributed by atoms with Crippen molar-refractivity contribution in [2.45, 2.75) is 45.1 Å². The van der Waals surface area contributed by atoms with Gasteiger partial charge < -0.3 is 10.2 Å². The summed E-state index contributed by atoms with van der Waals surface area (Å²) in [5, 5.41) is 3.67. The Balaban J connectivity index is 2.13. The van der Waals surface area contributed by atoms with Gasteiger partial charge in [-0.25, -0.2) is 0 Å². The molecule has 1 N–H and O–H groups in total. The SMILES string of the molecule is CC1CCCCCC1Nc1nc(Cl)nc(N(C)C)n1. The molecule has 2 rings (SSSR count). The molecule has 2 atom stereocenters. The molecule has 1 aromatic rings. The Morgan fingerprint density at radius 1 is 1.11 bits per heavy atom. The Morgan fingerprint density at radius 2 is 1.84 bits per heavy atom. The normalized spacial score (nSPS) is 23.8. The topological polar surface area (TPSA) is 53.9 Å². The average molecular weight is 284 g/mol. The molecule has 106 valence electrons. The van der Waals surface area contributed by atoms with Gasteiger partial charge in [0.15, 0.2) is 0 Å². The summed E-state index contributed by atoms with van der Waals surface area (Å²) in [5.74, 6) is 1.81. The summed E-state index contributed by atoms with van der Waals surface area (Å²) >= 11 is 5.95. The summed E-state index contributed by atoms with van der Waals surface area (Å²) in [6, 6.07) is 0.427. The molecule has 0 aromatic carbocycles. The lowest BCUT2D eigenvalue weighted by molar-refractivity contribution is 0.454. The van der Waals surface area contributed by atoms with E-state index in [1.165, 1.54) is 32.1 Å². The van der Waals surface area contributed by atoms with E-state index in [-0.39, 0.29) is 5.28 Å². The van der Waals surface area contributed by atoms with E-state index in [0.29, 0.717) is 23.9 Å². The van der Waals surface area contributed by atoms with Gasteiger partial charge in [0.1, 0.15) is 0 Å². The van der Waals surface area contributed by atoms with Crippen LogP contribution in [0, 0.1) is 5.92 Å². The molecule has 1 aliphatic rings. The Morgan fingerprint density at radius 3 is 2.58 bits per heavy atom. The van der Waals surface area contributed by atoms with Gasteiger partial charge >= 0.3 is 0 Å². The van der Waals surface area contributed by atoms with Crippen LogP contribution in [0.5, 0.6) is 0 Å². The van der Waals surface area contributed by atoms with E-state index in [9.17, 15) is 0 Å². The molecular weight excluding hydrogens is 262 g/mol. The summed E-state index contributed by atoms with van der Waals surface area (Å²) in [4.78, 5) is 14.5. The van der Waals surface area contributed by atoms with Crippen LogP contribution in [0.1, 0.15) is 39.0 Å². The fourth-order valence-corrected chi connectivity index (χ4v) is 2.63. The van der Waals surface area contributed by atoms with E-state index in [4.69, 9.17) is 11.6 Å². The smallest absolute Gasteiger partial charge is 0.230 e. The first-order valence-corrected chi connectivity index (χ1v) is 7.29. The van der Waals surface area contributed by atoms with Crippen molar-refractivity contribution < 1.29 is 0 Å². The van der Waals surface area contributed by atoms with Crippen molar-refractivity contribution in [2.75, 3.05) is 24.3 Å². The van der Waals surface area contributed by atoms with Gasteiger partial charge in [0.2, 0.25) is 17.2 Å². The van der Waals surface area contributed by atoms with Crippen molar-refractivity contribution in [3.05, 3.63) is 5.28 Å². The van der Waals surface area contributed by atoms with Crippen molar-refractivity contribution in [3.63, 3.8) is 0 Å². The maximum Gasteiger partial charge on any atom is 0.230 e. The van der Waals surface area contributed by atoms with Crippen LogP contribution in [0.3, 0.4) is 0 Å². The highest BCUT2D eigenvalue weighted by molar-refractivity contribution is 6.28. The number of anilines is 2. The lowest BCUT2D eigenvalue weighted by Gasteiger charge is -2.23. The first-order valence-electron chi connectivity index (χ1n) is 6.91. The van der Waals surface area contributed by atoms with E-state index in [0.717, 1.165) is 0 Å². The van der Waals surface area contributed by atoms with Crippen LogP contribution in [-0.2, 0) is 0 Å². The number of hydrogen-bond acceptors (Lipinski definition) is 5. The molecule has 0 radical (unpaired) electrons. The van der Waals surface area contributed by atoms with Gasteiger partial charge in [0, 0.05) is 20.1 Å². The number of halogens is 1. The highest BCUT2D eigenvalue weighted by Crippen LogP contribution is 2.25. The highest BCUT2D eigenvalue weighted by atomic mass is 35.5. The molecule has 1 fully saturated rings. The fraction of sp³-hybridized carbons (Fsp3) is 0.769. The van der Waals surface area contributed by atoms with E-state index < -0.39 is 0 Å². The largest absolute Gasteiger partial charge is 0.351 e. The third-order valence-electron chi connectivity index (χ3n) is 3.67. The molecule has 0 saturated heterocycles. The van der Waals surface area contributed by atoms with Gasteiger partial charge in [-0.1, -0.05) is 26.2 Å². The van der Waals surface area contributed by atoms with Crippen molar-refractivity contribution in [1.29, 1.82) is 0 Å². The molecule has 0 amide bonds. The van der Waals surface area contributed by atoms with Gasteiger partial charge in [-0.05, 0) is 30.4 Å². The zero-order valence-electron chi connectivity index (χ0n) is 11.9. The number of hydrogen-bond donors (Lipinski definition) is 1. The summed E-state index contributed by atoms with van der Waals surface area (Å²) in [6.45, 7) is 2.29. The molecule has 1 aliphatic carbocycles. The van der Waals surface area contributed by atoms with Crippen LogP contribution in [0.4, 0.5) is 11.9 Å². The van der Waals surface area contributed by atoms with Gasteiger partial charge in [-0.15, -0.1) is 0 Å². The lowest BCUT2D eigenvalue weighted by atomic mass is 9.97. The highest BCUT2D eigenvalue weighted by Gasteiger charge is 2.21. The molecule has 1 saturated carbocycles. The Labute approximate surface area is 119 Å². The molecular formula is C13H22ClN5. The van der Waals surface area contributed by atoms with Crippen molar-refractivity contribution in [3.8, 4) is 0 Å². The summed E-state index contributed by atoms with van der Waals surface area (Å²) in [5.41, 5.74) is 0. The monoisotopic (exact) mass is 283 g/mol. The van der Waals surface area contributed by atoms with Crippen LogP contribution in [0.25, 0.3) is 0 Å². The molecule has 6 heteroatoms. The molecule has 5 nitrogen and oxygen atoms in total. The predicted molar refractivity (Wildman–Crippen MR) is 78.8 cm³/mol. The first kappa shape index (κ1) is 14.3. The summed E-state index contributed by atoms with van der Waals surface area (Å²) in [7, 11) is 3.79. The molecule has 0 spiro atoms. The lowest BCUT2D eigenvalue weighted by Crippen LogP contribution is -2.28. The molecule has 0 bridgehead atoms. The molecule has 1 heterocycles. The number of rotatable bonds is 3. The van der Waals surface area contributed by atoms with E-state index in [1.54, 1.807) is 0 Å². The van der Waals surface area contributed by atoms with Crippen LogP contribution in [-0.4, -0.2) is 35.1 Å². The Bertz CT molecular complexity index is 423. The molecule has 0 aliphatic heterocycles. The average Bonchev–Trinajstić information content (AvgIpc) is 2.54. The van der Waals surface area contributed by atoms with Gasteiger partial charge in [-0.2, -0.15) is 15.0 Å². The first-order chi connectivity index (χ1) is 9.06. The van der Waals surface area contributed by atoms with Gasteiger partial charge in [-0.3, -0.25) is 0 Å². The minimum absolute atomic E-state index is 0.238. The second-order valence-electron chi connectivity index (χ2n) is 5.49. The predicted octanol–water partition coefficient (Wildman–Crippen LogP) is 2.97. The van der Waals surface area contributed by atoms with E-state index in [2.05, 4.69) is 27.2 Å². The number of aromatic nitrogens is 3. The van der Waals surface area contributed by atoms with Crippen LogP contribution in [0.15, 0.2) is 0 Å². The zero-order valence-corrected chi connectivity index (χ0v) is 12.6. The van der Waals surface area contributed by atoms with E-state index in [1.807, 2.05) is 19.0 Å². The summed E-state index contributed by atoms with van der Waals surface area (Å²) < 4.78 is 0. The van der Waals surface area contributed by atoms with Crippen molar-refractivity contribution in [2.24, 2.45) is 5.92 Å². The Kier molecular flexibility index (Phi) is 4.80. The maximum atomic E-state index is 5.95. The third-order valence-corrected chi connectivity index (χ3v) is 3.84. The van der Waals surface area contributed by atoms with Crippen LogP contribution in [0.2, 0.25) is 5.28 Å². The quantitative estimate of drug-likeness (QED) is 0.865. The minimum Gasteiger partial charge on any atom is -0.351 e. The van der Waals surface area contributed by atoms with Gasteiger partial charge in [0.25, 0.3) is 0 Å². The van der Waals surface area contributed by atoms with Gasteiger partial charge in [0.05, 0.1) is 0 Å². The van der Waals surface area contributed by atoms with Crippen LogP contribution < -0.4 is 10.2 Å². The second-order valence-corrected chi connectivity index (χ2v) is 5.83. The van der Waals surface area contributed by atoms with Crippen molar-refractivity contribution >= 4 is 23.5 Å². The number of nitrogens with zero attached hydrogens (tertiary/aromatic N) is 4. The van der Waals surface area contributed by atoms with Crippen molar-refractivity contribution in [1.82, 2.24) is 15.0 Å². The molecule has 19 heavy (non-hydrogen) atoms. The van der Waals surface area contributed by atoms with E-state index >= 15 is 0 Å². The minimum atomic E-state index is 0.238. The number of nitrogens with one attached hydrogen (secondary N) is 1. The maximum absolute atomic E-state index is 5.95. The second kappa shape index (κ2) is 6.37. The zero-order chi connectivity index (χ0) is 13.8. The van der Waals surface area contributed by atoms with Crippen LogP contribution >= 0.6 is 11.6 Å². The fourth-order valence-electron chi connectivity index (χ4n) is 2.48. The Hall–Kier alpha value is -1.10. The molecule has 1 aromatic heterocycles. The summed E-state index contributed by atoms with van der Waals surface area (Å²) in [6.07, 6.45) is 6.34. The molecule has 2 unspecified atom stereocenters. The standard InChI is InChI=1S/C13H22ClN5/c1-9-7-5-4-6-8-10(9)15-12-16-11(14)17-13(18-12)19(2)3/h9-10H,4-8H2,1-3H3,(H,15,16,17,18).